The molecule has 1 aliphatic heterocycles. The standard InChI is InChI=1S/C14H21NO/c1-9(2)11-5-6-15-14-12(10(3)4)7-16-8-13(11)14/h5-6,9-10,12H,7-8H2,1-4H3. The molecule has 1 unspecified atom stereocenters. The van der Waals surface area contributed by atoms with Crippen LogP contribution < -0.4 is 0 Å². The molecular weight excluding hydrogens is 198 g/mol. The van der Waals surface area contributed by atoms with E-state index in [9.17, 15) is 0 Å². The van der Waals surface area contributed by atoms with Crippen molar-refractivity contribution in [2.24, 2.45) is 5.92 Å². The lowest BCUT2D eigenvalue weighted by Crippen LogP contribution is -2.23. The highest BCUT2D eigenvalue weighted by Gasteiger charge is 2.26. The van der Waals surface area contributed by atoms with Crippen LogP contribution >= 0.6 is 0 Å². The van der Waals surface area contributed by atoms with Crippen molar-refractivity contribution in [2.75, 3.05) is 6.61 Å². The average Bonchev–Trinajstić information content (AvgIpc) is 2.27. The van der Waals surface area contributed by atoms with Crippen molar-refractivity contribution in [3.8, 4) is 0 Å². The van der Waals surface area contributed by atoms with Gasteiger partial charge in [0, 0.05) is 17.7 Å². The number of pyridine rings is 1. The third-order valence-corrected chi connectivity index (χ3v) is 3.45. The predicted molar refractivity (Wildman–Crippen MR) is 65.6 cm³/mol. The number of ether oxygens (including phenoxy) is 1. The Hall–Kier alpha value is -0.890. The van der Waals surface area contributed by atoms with Crippen LogP contribution in [0, 0.1) is 5.92 Å². The maximum atomic E-state index is 5.72. The molecule has 0 N–H and O–H groups in total. The highest BCUT2D eigenvalue weighted by molar-refractivity contribution is 5.35. The fourth-order valence-corrected chi connectivity index (χ4v) is 2.42. The molecule has 2 rings (SSSR count). The van der Waals surface area contributed by atoms with Gasteiger partial charge < -0.3 is 4.74 Å². The fraction of sp³-hybridized carbons (Fsp3) is 0.643. The van der Waals surface area contributed by atoms with E-state index in [-0.39, 0.29) is 0 Å². The van der Waals surface area contributed by atoms with Crippen LogP contribution in [0.15, 0.2) is 12.3 Å². The van der Waals surface area contributed by atoms with Crippen LogP contribution in [-0.2, 0) is 11.3 Å². The van der Waals surface area contributed by atoms with Crippen molar-refractivity contribution >= 4 is 0 Å². The number of hydrogen-bond donors (Lipinski definition) is 0. The average molecular weight is 219 g/mol. The molecule has 88 valence electrons. The lowest BCUT2D eigenvalue weighted by molar-refractivity contribution is 0.0763. The first kappa shape index (κ1) is 11.6. The third-order valence-electron chi connectivity index (χ3n) is 3.45. The van der Waals surface area contributed by atoms with Gasteiger partial charge in [0.25, 0.3) is 0 Å². The Morgan fingerprint density at radius 3 is 2.69 bits per heavy atom. The summed E-state index contributed by atoms with van der Waals surface area (Å²) in [6, 6.07) is 2.13. The highest BCUT2D eigenvalue weighted by Crippen LogP contribution is 2.34. The number of rotatable bonds is 2. The minimum Gasteiger partial charge on any atom is -0.376 e. The zero-order valence-corrected chi connectivity index (χ0v) is 10.7. The van der Waals surface area contributed by atoms with Crippen molar-refractivity contribution in [3.63, 3.8) is 0 Å². The van der Waals surface area contributed by atoms with Crippen molar-refractivity contribution in [2.45, 2.75) is 46.1 Å². The number of aromatic nitrogens is 1. The van der Waals surface area contributed by atoms with Gasteiger partial charge in [0.2, 0.25) is 0 Å². The van der Waals surface area contributed by atoms with Gasteiger partial charge in [-0.3, -0.25) is 4.98 Å². The fourth-order valence-electron chi connectivity index (χ4n) is 2.42. The van der Waals surface area contributed by atoms with Gasteiger partial charge in [0.05, 0.1) is 18.9 Å². The maximum Gasteiger partial charge on any atom is 0.0737 e. The van der Waals surface area contributed by atoms with E-state index in [1.165, 1.54) is 16.8 Å². The summed E-state index contributed by atoms with van der Waals surface area (Å²) in [6.45, 7) is 10.5. The molecule has 1 aliphatic rings. The molecule has 1 aromatic heterocycles. The molecule has 2 heterocycles. The predicted octanol–water partition coefficient (Wildman–Crippen LogP) is 3.47. The molecule has 0 aromatic carbocycles. The topological polar surface area (TPSA) is 22.1 Å². The van der Waals surface area contributed by atoms with Gasteiger partial charge in [-0.1, -0.05) is 27.7 Å². The second-order valence-electron chi connectivity index (χ2n) is 5.28. The van der Waals surface area contributed by atoms with Crippen molar-refractivity contribution in [3.05, 3.63) is 29.1 Å². The van der Waals surface area contributed by atoms with E-state index in [0.29, 0.717) is 17.8 Å². The summed E-state index contributed by atoms with van der Waals surface area (Å²) >= 11 is 0. The first-order chi connectivity index (χ1) is 7.61. The number of nitrogens with zero attached hydrogens (tertiary/aromatic N) is 1. The minimum atomic E-state index is 0.461. The smallest absolute Gasteiger partial charge is 0.0737 e. The quantitative estimate of drug-likeness (QED) is 0.759. The Kier molecular flexibility index (Phi) is 3.29. The van der Waals surface area contributed by atoms with E-state index >= 15 is 0 Å². The molecule has 0 saturated carbocycles. The Labute approximate surface area is 98.0 Å². The molecule has 16 heavy (non-hydrogen) atoms. The molecule has 0 bridgehead atoms. The third kappa shape index (κ3) is 1.99. The van der Waals surface area contributed by atoms with Crippen LogP contribution in [0.4, 0.5) is 0 Å². The first-order valence-corrected chi connectivity index (χ1v) is 6.16. The zero-order chi connectivity index (χ0) is 11.7. The summed E-state index contributed by atoms with van der Waals surface area (Å²) in [5.41, 5.74) is 4.00. The van der Waals surface area contributed by atoms with Gasteiger partial charge in [-0.2, -0.15) is 0 Å². The van der Waals surface area contributed by atoms with Crippen LogP contribution in [-0.4, -0.2) is 11.6 Å². The largest absolute Gasteiger partial charge is 0.376 e. The van der Waals surface area contributed by atoms with E-state index in [2.05, 4.69) is 38.7 Å². The van der Waals surface area contributed by atoms with Gasteiger partial charge >= 0.3 is 0 Å². The molecular formula is C14H21NO. The second kappa shape index (κ2) is 4.54. The van der Waals surface area contributed by atoms with E-state index in [0.717, 1.165) is 13.2 Å². The molecule has 0 spiro atoms. The maximum absolute atomic E-state index is 5.72. The monoisotopic (exact) mass is 219 g/mol. The second-order valence-corrected chi connectivity index (χ2v) is 5.28. The molecule has 1 atom stereocenters. The Balaban J connectivity index is 2.46. The summed E-state index contributed by atoms with van der Waals surface area (Å²) < 4.78 is 5.72. The van der Waals surface area contributed by atoms with Crippen LogP contribution in [0.2, 0.25) is 0 Å². The van der Waals surface area contributed by atoms with Crippen molar-refractivity contribution < 1.29 is 4.74 Å². The van der Waals surface area contributed by atoms with Crippen LogP contribution in [0.5, 0.6) is 0 Å². The van der Waals surface area contributed by atoms with Crippen LogP contribution in [0.1, 0.15) is 56.4 Å². The first-order valence-electron chi connectivity index (χ1n) is 6.16. The van der Waals surface area contributed by atoms with E-state index < -0.39 is 0 Å². The molecule has 0 radical (unpaired) electrons. The minimum absolute atomic E-state index is 0.461. The van der Waals surface area contributed by atoms with E-state index in [1.807, 2.05) is 6.20 Å². The van der Waals surface area contributed by atoms with E-state index in [1.54, 1.807) is 0 Å². The molecule has 0 amide bonds. The normalized spacial score (nSPS) is 20.2. The van der Waals surface area contributed by atoms with Crippen molar-refractivity contribution in [1.29, 1.82) is 0 Å². The molecule has 0 aliphatic carbocycles. The molecule has 1 aromatic rings. The summed E-state index contributed by atoms with van der Waals surface area (Å²) in [7, 11) is 0. The molecule has 2 nitrogen and oxygen atoms in total. The lowest BCUT2D eigenvalue weighted by atomic mass is 9.85. The van der Waals surface area contributed by atoms with Crippen LogP contribution in [0.25, 0.3) is 0 Å². The van der Waals surface area contributed by atoms with Crippen LogP contribution in [0.3, 0.4) is 0 Å². The summed E-state index contributed by atoms with van der Waals surface area (Å²) in [6.07, 6.45) is 1.95. The number of hydrogen-bond acceptors (Lipinski definition) is 2. The zero-order valence-electron chi connectivity index (χ0n) is 10.7. The number of fused-ring (bicyclic) bond motifs is 1. The van der Waals surface area contributed by atoms with Gasteiger partial charge in [-0.25, -0.2) is 0 Å². The van der Waals surface area contributed by atoms with Gasteiger partial charge in [-0.05, 0) is 23.5 Å². The SMILES string of the molecule is CC(C)c1ccnc2c1COCC2C(C)C. The Morgan fingerprint density at radius 1 is 1.31 bits per heavy atom. The molecule has 0 fully saturated rings. The van der Waals surface area contributed by atoms with Gasteiger partial charge in [0.15, 0.2) is 0 Å². The van der Waals surface area contributed by atoms with Gasteiger partial charge in [-0.15, -0.1) is 0 Å². The van der Waals surface area contributed by atoms with E-state index in [4.69, 9.17) is 4.74 Å². The highest BCUT2D eigenvalue weighted by atomic mass is 16.5. The Morgan fingerprint density at radius 2 is 2.06 bits per heavy atom. The molecule has 0 saturated heterocycles. The van der Waals surface area contributed by atoms with Crippen molar-refractivity contribution in [1.82, 2.24) is 4.98 Å². The lowest BCUT2D eigenvalue weighted by Gasteiger charge is -2.29. The summed E-state index contributed by atoms with van der Waals surface area (Å²) in [5, 5.41) is 0. The molecule has 2 heteroatoms. The Bertz CT molecular complexity index is 371. The summed E-state index contributed by atoms with van der Waals surface area (Å²) in [5.74, 6) is 1.60. The van der Waals surface area contributed by atoms with Gasteiger partial charge in [0.1, 0.15) is 0 Å². The summed E-state index contributed by atoms with van der Waals surface area (Å²) in [4.78, 5) is 4.58.